The largest absolute Gasteiger partial charge is 0.394 e. The van der Waals surface area contributed by atoms with Crippen molar-refractivity contribution >= 4 is 29.6 Å². The van der Waals surface area contributed by atoms with Gasteiger partial charge in [-0.1, -0.05) is 5.92 Å². The molecule has 0 aliphatic carbocycles. The molecule has 0 spiro atoms. The first kappa shape index (κ1) is 11.3. The fourth-order valence-corrected chi connectivity index (χ4v) is 0.196. The molecule has 0 aliphatic heterocycles. The van der Waals surface area contributed by atoms with Gasteiger partial charge in [0, 0.05) is 29.6 Å². The predicted molar refractivity (Wildman–Crippen MR) is 32.5 cm³/mol. The van der Waals surface area contributed by atoms with Crippen LogP contribution < -0.4 is 0 Å². The predicted octanol–water partition coefficient (Wildman–Crippen LogP) is -0.752. The molecule has 0 saturated heterocycles. The summed E-state index contributed by atoms with van der Waals surface area (Å²) in [6, 6.07) is 0. The minimum atomic E-state index is 0. The van der Waals surface area contributed by atoms with Gasteiger partial charge in [0.1, 0.15) is 6.61 Å². The summed E-state index contributed by atoms with van der Waals surface area (Å²) in [7, 11) is 0. The van der Waals surface area contributed by atoms with E-state index in [4.69, 9.17) is 11.5 Å². The van der Waals surface area contributed by atoms with Crippen LogP contribution in [-0.2, 0) is 4.74 Å². The second-order valence-corrected chi connectivity index (χ2v) is 0.980. The van der Waals surface area contributed by atoms with E-state index in [2.05, 4.69) is 10.7 Å². The first-order chi connectivity index (χ1) is 3.41. The Labute approximate surface area is 71.5 Å². The van der Waals surface area contributed by atoms with E-state index in [9.17, 15) is 0 Å². The van der Waals surface area contributed by atoms with Gasteiger partial charge in [0.15, 0.2) is 0 Å². The van der Waals surface area contributed by atoms with E-state index >= 15 is 0 Å². The van der Waals surface area contributed by atoms with Crippen LogP contribution in [0.5, 0.6) is 0 Å². The molecule has 0 heterocycles. The summed E-state index contributed by atoms with van der Waals surface area (Å²) in [6.07, 6.45) is 4.81. The zero-order chi connectivity index (χ0) is 5.54. The van der Waals surface area contributed by atoms with E-state index in [1.807, 2.05) is 0 Å². The van der Waals surface area contributed by atoms with Gasteiger partial charge in [-0.15, -0.1) is 6.42 Å². The summed E-state index contributed by atoms with van der Waals surface area (Å²) in [5, 5.41) is 8.10. The van der Waals surface area contributed by atoms with E-state index in [1.165, 1.54) is 0 Å². The monoisotopic (exact) mass is 123 g/mol. The Morgan fingerprint density at radius 3 is 2.62 bits per heavy atom. The fourth-order valence-electron chi connectivity index (χ4n) is 0.196. The van der Waals surface area contributed by atoms with E-state index < -0.39 is 0 Å². The van der Waals surface area contributed by atoms with Gasteiger partial charge < -0.3 is 9.84 Å². The van der Waals surface area contributed by atoms with Crippen LogP contribution in [0.4, 0.5) is 0 Å². The molecular formula is C5H8NaO2. The van der Waals surface area contributed by atoms with Crippen molar-refractivity contribution in [3.05, 3.63) is 0 Å². The zero-order valence-corrected chi connectivity index (χ0v) is 7.05. The molecule has 0 aromatic rings. The first-order valence-electron chi connectivity index (χ1n) is 2.04. The summed E-state index contributed by atoms with van der Waals surface area (Å²) in [5.74, 6) is 2.27. The molecule has 3 heteroatoms. The Kier molecular flexibility index (Phi) is 14.8. The average Bonchev–Trinajstić information content (AvgIpc) is 1.69. The van der Waals surface area contributed by atoms with E-state index in [1.54, 1.807) is 0 Å². The van der Waals surface area contributed by atoms with Gasteiger partial charge in [-0.05, 0) is 0 Å². The van der Waals surface area contributed by atoms with Gasteiger partial charge in [-0.25, -0.2) is 0 Å². The Hall–Kier alpha value is 0.480. The molecule has 0 aliphatic rings. The first-order valence-corrected chi connectivity index (χ1v) is 2.04. The van der Waals surface area contributed by atoms with Crippen LogP contribution >= 0.6 is 0 Å². The number of hydrogen-bond donors (Lipinski definition) is 1. The number of aliphatic hydroxyl groups is 1. The normalized spacial score (nSPS) is 7.00. The number of ether oxygens (including phenoxy) is 1. The molecule has 0 fully saturated rings. The van der Waals surface area contributed by atoms with Crippen LogP contribution in [-0.4, -0.2) is 54.5 Å². The maximum atomic E-state index is 8.10. The Morgan fingerprint density at radius 2 is 2.25 bits per heavy atom. The summed E-state index contributed by atoms with van der Waals surface area (Å²) < 4.78 is 4.65. The molecule has 8 heavy (non-hydrogen) atoms. The third-order valence-corrected chi connectivity index (χ3v) is 0.421. The minimum absolute atomic E-state index is 0. The van der Waals surface area contributed by atoms with E-state index in [-0.39, 0.29) is 36.2 Å². The van der Waals surface area contributed by atoms with Crippen molar-refractivity contribution in [1.82, 2.24) is 0 Å². The van der Waals surface area contributed by atoms with E-state index in [0.29, 0.717) is 13.2 Å². The summed E-state index contributed by atoms with van der Waals surface area (Å²) in [4.78, 5) is 0. The van der Waals surface area contributed by atoms with Crippen LogP contribution in [0.2, 0.25) is 0 Å². The number of rotatable bonds is 3. The minimum Gasteiger partial charge on any atom is -0.394 e. The topological polar surface area (TPSA) is 29.5 Å². The Morgan fingerprint density at radius 1 is 1.62 bits per heavy atom. The molecule has 0 amide bonds. The number of hydrogen-bond acceptors (Lipinski definition) is 2. The molecule has 2 nitrogen and oxygen atoms in total. The molecule has 0 rings (SSSR count). The summed E-state index contributed by atoms with van der Waals surface area (Å²) >= 11 is 0. The van der Waals surface area contributed by atoms with Crippen molar-refractivity contribution < 1.29 is 9.84 Å². The second-order valence-electron chi connectivity index (χ2n) is 0.980. The molecule has 0 atom stereocenters. The van der Waals surface area contributed by atoms with Gasteiger partial charge in [-0.3, -0.25) is 0 Å². The average molecular weight is 123 g/mol. The van der Waals surface area contributed by atoms with Crippen LogP contribution in [0.15, 0.2) is 0 Å². The molecule has 0 unspecified atom stereocenters. The van der Waals surface area contributed by atoms with Crippen LogP contribution in [0, 0.1) is 12.3 Å². The molecule has 0 bridgehead atoms. The van der Waals surface area contributed by atoms with Crippen molar-refractivity contribution in [2.75, 3.05) is 19.8 Å². The third kappa shape index (κ3) is 9.70. The van der Waals surface area contributed by atoms with Crippen molar-refractivity contribution in [3.63, 3.8) is 0 Å². The Bertz CT molecular complexity index is 67.3. The number of aliphatic hydroxyl groups excluding tert-OH is 1. The van der Waals surface area contributed by atoms with E-state index in [0.717, 1.165) is 0 Å². The molecule has 41 valence electrons. The maximum Gasteiger partial charge on any atom is 0.107 e. The fraction of sp³-hybridized carbons (Fsp3) is 0.600. The number of terminal acetylenes is 1. The van der Waals surface area contributed by atoms with Crippen molar-refractivity contribution in [2.24, 2.45) is 0 Å². The van der Waals surface area contributed by atoms with Crippen LogP contribution in [0.25, 0.3) is 0 Å². The molecule has 0 saturated carbocycles. The van der Waals surface area contributed by atoms with Crippen LogP contribution in [0.3, 0.4) is 0 Å². The van der Waals surface area contributed by atoms with Crippen molar-refractivity contribution in [3.8, 4) is 12.3 Å². The maximum absolute atomic E-state index is 8.10. The summed E-state index contributed by atoms with van der Waals surface area (Å²) in [5.41, 5.74) is 0. The smallest absolute Gasteiger partial charge is 0.107 e. The molecule has 1 radical (unpaired) electrons. The van der Waals surface area contributed by atoms with Gasteiger partial charge in [0.05, 0.1) is 13.2 Å². The van der Waals surface area contributed by atoms with Gasteiger partial charge in [0.2, 0.25) is 0 Å². The molecular weight excluding hydrogens is 115 g/mol. The van der Waals surface area contributed by atoms with Gasteiger partial charge in [0.25, 0.3) is 0 Å². The van der Waals surface area contributed by atoms with Gasteiger partial charge >= 0.3 is 0 Å². The summed E-state index contributed by atoms with van der Waals surface area (Å²) in [6.45, 7) is 0.673. The molecule has 0 aromatic carbocycles. The Balaban J connectivity index is 0. The molecule has 1 N–H and O–H groups in total. The zero-order valence-electron chi connectivity index (χ0n) is 5.05. The van der Waals surface area contributed by atoms with Crippen molar-refractivity contribution in [1.29, 1.82) is 0 Å². The molecule has 0 aromatic heterocycles. The standard InChI is InChI=1S/C5H8O2.Na/c1-2-4-7-5-3-6;/h1,6H,3-5H2;. The third-order valence-electron chi connectivity index (χ3n) is 0.421. The van der Waals surface area contributed by atoms with Gasteiger partial charge in [-0.2, -0.15) is 0 Å². The SMILES string of the molecule is C#CCOCCO.[Na]. The quantitative estimate of drug-likeness (QED) is 0.304. The van der Waals surface area contributed by atoms with Crippen molar-refractivity contribution in [2.45, 2.75) is 0 Å². The van der Waals surface area contributed by atoms with Crippen LogP contribution in [0.1, 0.15) is 0 Å². The second kappa shape index (κ2) is 10.5.